The lowest BCUT2D eigenvalue weighted by Crippen LogP contribution is -2.24. The number of methoxy groups -OCH3 is 1. The molecule has 5 nitrogen and oxygen atoms in total. The van der Waals surface area contributed by atoms with Crippen LogP contribution in [0.3, 0.4) is 0 Å². The molecule has 0 unspecified atom stereocenters. The second-order valence-electron chi connectivity index (χ2n) is 5.42. The molecule has 0 aliphatic rings. The molecule has 1 heterocycles. The first-order chi connectivity index (χ1) is 12.6. The molecule has 1 N–H and O–H groups in total. The predicted octanol–water partition coefficient (Wildman–Crippen LogP) is 4.41. The highest BCUT2D eigenvalue weighted by atomic mass is 35.5. The van der Waals surface area contributed by atoms with Crippen molar-refractivity contribution >= 4 is 29.3 Å². The van der Waals surface area contributed by atoms with Crippen LogP contribution < -0.4 is 10.1 Å². The molecule has 0 saturated carbocycles. The number of hydrogen-bond acceptors (Lipinski definition) is 5. The third kappa shape index (κ3) is 5.03. The normalized spacial score (nSPS) is 10.5. The summed E-state index contributed by atoms with van der Waals surface area (Å²) in [5.41, 5.74) is 1.82. The van der Waals surface area contributed by atoms with Crippen LogP contribution in [-0.2, 0) is 11.3 Å². The molecule has 1 aromatic heterocycles. The van der Waals surface area contributed by atoms with Crippen LogP contribution in [0, 0.1) is 0 Å². The van der Waals surface area contributed by atoms with Gasteiger partial charge < -0.3 is 14.5 Å². The summed E-state index contributed by atoms with van der Waals surface area (Å²) < 4.78 is 10.8. The Hall–Kier alpha value is -2.44. The first-order valence-corrected chi connectivity index (χ1v) is 9.24. The minimum atomic E-state index is -0.0969. The lowest BCUT2D eigenvalue weighted by molar-refractivity contribution is -0.118. The Morgan fingerprint density at radius 1 is 1.27 bits per heavy atom. The third-order valence-electron chi connectivity index (χ3n) is 3.54. The molecule has 3 rings (SSSR count). The molecule has 0 atom stereocenters. The van der Waals surface area contributed by atoms with Gasteiger partial charge >= 0.3 is 0 Å². The van der Waals surface area contributed by atoms with Crippen molar-refractivity contribution in [2.24, 2.45) is 0 Å². The average molecular weight is 389 g/mol. The summed E-state index contributed by atoms with van der Waals surface area (Å²) in [5.74, 6) is 1.51. The Bertz CT molecular complexity index is 898. The smallest absolute Gasteiger partial charge is 0.256 e. The van der Waals surface area contributed by atoms with Crippen molar-refractivity contribution in [3.8, 4) is 17.1 Å². The number of nitrogens with zero attached hydrogens (tertiary/aromatic N) is 1. The van der Waals surface area contributed by atoms with E-state index in [9.17, 15) is 4.79 Å². The van der Waals surface area contributed by atoms with Gasteiger partial charge in [-0.2, -0.15) is 0 Å². The average Bonchev–Trinajstić information content (AvgIpc) is 3.14. The van der Waals surface area contributed by atoms with Gasteiger partial charge in [-0.15, -0.1) is 0 Å². The van der Waals surface area contributed by atoms with Crippen molar-refractivity contribution in [3.05, 3.63) is 65.3 Å². The summed E-state index contributed by atoms with van der Waals surface area (Å²) in [6.07, 6.45) is 1.63. The zero-order valence-electron chi connectivity index (χ0n) is 14.1. The number of benzene rings is 2. The second-order valence-corrected chi connectivity index (χ2v) is 6.78. The fourth-order valence-corrected chi connectivity index (χ4v) is 3.08. The lowest BCUT2D eigenvalue weighted by atomic mass is 10.2. The Balaban J connectivity index is 1.50. The van der Waals surface area contributed by atoms with E-state index >= 15 is 0 Å². The van der Waals surface area contributed by atoms with Gasteiger partial charge in [0.2, 0.25) is 5.91 Å². The van der Waals surface area contributed by atoms with Gasteiger partial charge in [-0.1, -0.05) is 47.6 Å². The standard InChI is InChI=1S/C19H17ClN2O3S/c1-24-16-7-2-4-13(8-16)10-21-18(23)12-26-19-22-11-17(25-19)14-5-3-6-15(20)9-14/h2-9,11H,10,12H2,1H3,(H,21,23). The zero-order chi connectivity index (χ0) is 18.4. The predicted molar refractivity (Wildman–Crippen MR) is 103 cm³/mol. The topological polar surface area (TPSA) is 64.4 Å². The largest absolute Gasteiger partial charge is 0.497 e. The van der Waals surface area contributed by atoms with Gasteiger partial charge in [-0.25, -0.2) is 4.98 Å². The van der Waals surface area contributed by atoms with E-state index < -0.39 is 0 Å². The Morgan fingerprint density at radius 3 is 2.92 bits per heavy atom. The SMILES string of the molecule is COc1cccc(CNC(=O)CSc2ncc(-c3cccc(Cl)c3)o2)c1. The van der Waals surface area contributed by atoms with Crippen molar-refractivity contribution in [2.75, 3.05) is 12.9 Å². The summed E-state index contributed by atoms with van der Waals surface area (Å²) in [6, 6.07) is 14.9. The second kappa shape index (κ2) is 8.78. The molecule has 1 amide bonds. The van der Waals surface area contributed by atoms with E-state index in [2.05, 4.69) is 10.3 Å². The van der Waals surface area contributed by atoms with Crippen molar-refractivity contribution in [2.45, 2.75) is 11.8 Å². The fourth-order valence-electron chi connectivity index (χ4n) is 2.26. The van der Waals surface area contributed by atoms with E-state index in [-0.39, 0.29) is 11.7 Å². The minimum Gasteiger partial charge on any atom is -0.497 e. The summed E-state index contributed by atoms with van der Waals surface area (Å²) in [6.45, 7) is 0.440. The van der Waals surface area contributed by atoms with Gasteiger partial charge in [-0.3, -0.25) is 4.79 Å². The maximum Gasteiger partial charge on any atom is 0.256 e. The van der Waals surface area contributed by atoms with Crippen LogP contribution in [0.5, 0.6) is 5.75 Å². The van der Waals surface area contributed by atoms with E-state index in [4.69, 9.17) is 20.8 Å². The molecule has 0 bridgehead atoms. The van der Waals surface area contributed by atoms with Gasteiger partial charge in [0.15, 0.2) is 5.76 Å². The first-order valence-electron chi connectivity index (χ1n) is 7.88. The van der Waals surface area contributed by atoms with Gasteiger partial charge in [0.25, 0.3) is 5.22 Å². The van der Waals surface area contributed by atoms with E-state index in [1.54, 1.807) is 25.4 Å². The number of aromatic nitrogens is 1. The number of carbonyl (C=O) groups is 1. The number of halogens is 1. The molecule has 3 aromatic rings. The first kappa shape index (κ1) is 18.4. The summed E-state index contributed by atoms with van der Waals surface area (Å²) in [4.78, 5) is 16.2. The van der Waals surface area contributed by atoms with Crippen LogP contribution in [0.4, 0.5) is 0 Å². The van der Waals surface area contributed by atoms with E-state index in [0.29, 0.717) is 22.6 Å². The van der Waals surface area contributed by atoms with Crippen LogP contribution in [0.25, 0.3) is 11.3 Å². The molecule has 2 aromatic carbocycles. The van der Waals surface area contributed by atoms with Crippen LogP contribution in [0.1, 0.15) is 5.56 Å². The molecular formula is C19H17ClN2O3S. The van der Waals surface area contributed by atoms with Crippen LogP contribution >= 0.6 is 23.4 Å². The number of nitrogens with one attached hydrogen (secondary N) is 1. The number of ether oxygens (including phenoxy) is 1. The molecular weight excluding hydrogens is 372 g/mol. The fraction of sp³-hybridized carbons (Fsp3) is 0.158. The van der Waals surface area contributed by atoms with Gasteiger partial charge in [0.05, 0.1) is 19.1 Å². The number of carbonyl (C=O) groups excluding carboxylic acids is 1. The minimum absolute atomic E-state index is 0.0969. The number of amides is 1. The molecule has 0 fully saturated rings. The summed E-state index contributed by atoms with van der Waals surface area (Å²) >= 11 is 7.22. The van der Waals surface area contributed by atoms with Gasteiger partial charge in [0, 0.05) is 17.1 Å². The highest BCUT2D eigenvalue weighted by Gasteiger charge is 2.10. The molecule has 134 valence electrons. The Morgan fingerprint density at radius 2 is 2.12 bits per heavy atom. The number of thioether (sulfide) groups is 1. The monoisotopic (exact) mass is 388 g/mol. The molecule has 26 heavy (non-hydrogen) atoms. The number of hydrogen-bond donors (Lipinski definition) is 1. The summed E-state index contributed by atoms with van der Waals surface area (Å²) in [5, 5.41) is 3.94. The Kier molecular flexibility index (Phi) is 6.20. The van der Waals surface area contributed by atoms with Crippen molar-refractivity contribution < 1.29 is 13.9 Å². The number of rotatable bonds is 7. The number of oxazole rings is 1. The van der Waals surface area contributed by atoms with Crippen LogP contribution in [-0.4, -0.2) is 23.8 Å². The van der Waals surface area contributed by atoms with Crippen LogP contribution in [0.2, 0.25) is 5.02 Å². The molecule has 0 aliphatic heterocycles. The molecule has 0 spiro atoms. The molecule has 0 saturated heterocycles. The highest BCUT2D eigenvalue weighted by molar-refractivity contribution is 7.99. The third-order valence-corrected chi connectivity index (χ3v) is 4.62. The quantitative estimate of drug-likeness (QED) is 0.607. The van der Waals surface area contributed by atoms with Gasteiger partial charge in [-0.05, 0) is 29.8 Å². The van der Waals surface area contributed by atoms with E-state index in [0.717, 1.165) is 16.9 Å². The summed E-state index contributed by atoms with van der Waals surface area (Å²) in [7, 11) is 1.61. The molecule has 0 aliphatic carbocycles. The van der Waals surface area contributed by atoms with E-state index in [1.165, 1.54) is 11.8 Å². The Labute approximate surface area is 160 Å². The van der Waals surface area contributed by atoms with E-state index in [1.807, 2.05) is 36.4 Å². The van der Waals surface area contributed by atoms with Crippen molar-refractivity contribution in [1.82, 2.24) is 10.3 Å². The maximum atomic E-state index is 12.0. The lowest BCUT2D eigenvalue weighted by Gasteiger charge is -2.06. The maximum absolute atomic E-state index is 12.0. The zero-order valence-corrected chi connectivity index (χ0v) is 15.6. The van der Waals surface area contributed by atoms with Gasteiger partial charge in [0.1, 0.15) is 5.75 Å². The molecule has 0 radical (unpaired) electrons. The highest BCUT2D eigenvalue weighted by Crippen LogP contribution is 2.27. The van der Waals surface area contributed by atoms with Crippen molar-refractivity contribution in [3.63, 3.8) is 0 Å². The van der Waals surface area contributed by atoms with Crippen molar-refractivity contribution in [1.29, 1.82) is 0 Å². The molecule has 7 heteroatoms. The van der Waals surface area contributed by atoms with Crippen LogP contribution in [0.15, 0.2) is 64.4 Å².